The Morgan fingerprint density at radius 1 is 1.19 bits per heavy atom. The van der Waals surface area contributed by atoms with E-state index < -0.39 is 6.04 Å². The molecule has 0 radical (unpaired) electrons. The third kappa shape index (κ3) is 4.20. The van der Waals surface area contributed by atoms with Crippen molar-refractivity contribution in [1.82, 2.24) is 9.55 Å². The number of amides is 1. The average Bonchev–Trinajstić information content (AvgIpc) is 3.21. The maximum Gasteiger partial charge on any atom is 0.263 e. The van der Waals surface area contributed by atoms with Crippen molar-refractivity contribution in [2.24, 2.45) is 0 Å². The maximum atomic E-state index is 13.3. The Labute approximate surface area is 181 Å². The standard InChI is InChI=1S/C23H20FN3O3S/c1-3-30-18-10-8-17(9-11-18)26-21(28)14(2)27-13-25-22-20(23(27)29)19(12-31-22)15-4-6-16(24)7-5-15/h4-14H,3H2,1-2H3,(H,26,28). The quantitative estimate of drug-likeness (QED) is 0.467. The second-order valence-corrected chi connectivity index (χ2v) is 7.77. The lowest BCUT2D eigenvalue weighted by atomic mass is 10.1. The lowest BCUT2D eigenvalue weighted by molar-refractivity contribution is -0.118. The van der Waals surface area contributed by atoms with Crippen LogP contribution in [0.5, 0.6) is 5.75 Å². The Morgan fingerprint density at radius 3 is 2.58 bits per heavy atom. The van der Waals surface area contributed by atoms with Gasteiger partial charge in [0, 0.05) is 16.6 Å². The van der Waals surface area contributed by atoms with E-state index >= 15 is 0 Å². The number of nitrogens with zero attached hydrogens (tertiary/aromatic N) is 2. The number of thiophene rings is 1. The third-order valence-electron chi connectivity index (χ3n) is 4.90. The van der Waals surface area contributed by atoms with Crippen molar-refractivity contribution in [3.63, 3.8) is 0 Å². The molecular weight excluding hydrogens is 417 g/mol. The molecule has 0 bridgehead atoms. The van der Waals surface area contributed by atoms with Crippen LogP contribution in [0.3, 0.4) is 0 Å². The SMILES string of the molecule is CCOc1ccc(NC(=O)C(C)n2cnc3scc(-c4ccc(F)cc4)c3c2=O)cc1. The molecule has 0 fully saturated rings. The fraction of sp³-hybridized carbons (Fsp3) is 0.174. The van der Waals surface area contributed by atoms with Gasteiger partial charge in [0.15, 0.2) is 0 Å². The largest absolute Gasteiger partial charge is 0.494 e. The van der Waals surface area contributed by atoms with Crippen molar-refractivity contribution in [2.75, 3.05) is 11.9 Å². The highest BCUT2D eigenvalue weighted by atomic mass is 32.1. The molecule has 158 valence electrons. The van der Waals surface area contributed by atoms with Crippen LogP contribution in [-0.2, 0) is 4.79 Å². The van der Waals surface area contributed by atoms with Gasteiger partial charge in [-0.3, -0.25) is 14.2 Å². The molecule has 8 heteroatoms. The van der Waals surface area contributed by atoms with Crippen molar-refractivity contribution in [2.45, 2.75) is 19.9 Å². The van der Waals surface area contributed by atoms with E-state index in [0.717, 1.165) is 5.56 Å². The van der Waals surface area contributed by atoms with E-state index in [1.165, 1.54) is 34.4 Å². The normalized spacial score (nSPS) is 12.0. The number of carbonyl (C=O) groups is 1. The van der Waals surface area contributed by atoms with Crippen LogP contribution in [0.2, 0.25) is 0 Å². The molecule has 0 saturated heterocycles. The van der Waals surface area contributed by atoms with Crippen molar-refractivity contribution >= 4 is 33.1 Å². The highest BCUT2D eigenvalue weighted by Gasteiger charge is 2.20. The Kier molecular flexibility index (Phi) is 5.81. The molecule has 4 rings (SSSR count). The monoisotopic (exact) mass is 437 g/mol. The van der Waals surface area contributed by atoms with Gasteiger partial charge in [-0.1, -0.05) is 12.1 Å². The van der Waals surface area contributed by atoms with Crippen LogP contribution in [0, 0.1) is 5.82 Å². The number of hydrogen-bond acceptors (Lipinski definition) is 5. The van der Waals surface area contributed by atoms with Crippen LogP contribution in [0.1, 0.15) is 19.9 Å². The summed E-state index contributed by atoms with van der Waals surface area (Å²) in [6.07, 6.45) is 1.39. The minimum atomic E-state index is -0.781. The van der Waals surface area contributed by atoms with Crippen molar-refractivity contribution in [1.29, 1.82) is 0 Å². The summed E-state index contributed by atoms with van der Waals surface area (Å²) in [6.45, 7) is 4.10. The van der Waals surface area contributed by atoms with Gasteiger partial charge in [0.1, 0.15) is 22.4 Å². The zero-order valence-electron chi connectivity index (χ0n) is 17.0. The van der Waals surface area contributed by atoms with E-state index in [1.54, 1.807) is 43.3 Å². The molecule has 0 aliphatic carbocycles. The average molecular weight is 437 g/mol. The first-order valence-electron chi connectivity index (χ1n) is 9.76. The summed E-state index contributed by atoms with van der Waals surface area (Å²) in [4.78, 5) is 30.9. The molecule has 0 spiro atoms. The molecule has 4 aromatic rings. The summed E-state index contributed by atoms with van der Waals surface area (Å²) in [5.74, 6) is 0.0228. The second-order valence-electron chi connectivity index (χ2n) is 6.92. The first kappa shape index (κ1) is 20.7. The van der Waals surface area contributed by atoms with Gasteiger partial charge in [-0.2, -0.15) is 0 Å². The first-order chi connectivity index (χ1) is 15.0. The molecule has 31 heavy (non-hydrogen) atoms. The van der Waals surface area contributed by atoms with Crippen LogP contribution in [0.4, 0.5) is 10.1 Å². The number of aromatic nitrogens is 2. The fourth-order valence-corrected chi connectivity index (χ4v) is 4.14. The van der Waals surface area contributed by atoms with Crippen molar-refractivity contribution < 1.29 is 13.9 Å². The number of benzene rings is 2. The highest BCUT2D eigenvalue weighted by Crippen LogP contribution is 2.31. The molecule has 0 aliphatic heterocycles. The number of rotatable bonds is 6. The number of halogens is 1. The zero-order valence-corrected chi connectivity index (χ0v) is 17.8. The molecular formula is C23H20FN3O3S. The van der Waals surface area contributed by atoms with Gasteiger partial charge in [0.05, 0.1) is 18.3 Å². The minimum Gasteiger partial charge on any atom is -0.494 e. The van der Waals surface area contributed by atoms with Gasteiger partial charge in [-0.05, 0) is 55.8 Å². The first-order valence-corrected chi connectivity index (χ1v) is 10.6. The molecule has 1 unspecified atom stereocenters. The number of nitrogens with one attached hydrogen (secondary N) is 1. The number of ether oxygens (including phenoxy) is 1. The zero-order chi connectivity index (χ0) is 22.0. The Bertz CT molecular complexity index is 1280. The number of anilines is 1. The summed E-state index contributed by atoms with van der Waals surface area (Å²) in [7, 11) is 0. The van der Waals surface area contributed by atoms with Gasteiger partial charge in [0.25, 0.3) is 5.56 Å². The molecule has 6 nitrogen and oxygen atoms in total. The molecule has 2 heterocycles. The van der Waals surface area contributed by atoms with E-state index in [9.17, 15) is 14.0 Å². The predicted molar refractivity (Wildman–Crippen MR) is 120 cm³/mol. The van der Waals surface area contributed by atoms with Gasteiger partial charge in [-0.15, -0.1) is 11.3 Å². The molecule has 1 N–H and O–H groups in total. The van der Waals surface area contributed by atoms with Gasteiger partial charge in [0.2, 0.25) is 5.91 Å². The molecule has 1 amide bonds. The molecule has 2 aromatic carbocycles. The van der Waals surface area contributed by atoms with E-state index in [4.69, 9.17) is 4.74 Å². The second kappa shape index (κ2) is 8.69. The van der Waals surface area contributed by atoms with Gasteiger partial charge in [-0.25, -0.2) is 9.37 Å². The van der Waals surface area contributed by atoms with Crippen LogP contribution in [0.25, 0.3) is 21.3 Å². The summed E-state index contributed by atoms with van der Waals surface area (Å²) >= 11 is 1.33. The minimum absolute atomic E-state index is 0.320. The van der Waals surface area contributed by atoms with Crippen LogP contribution >= 0.6 is 11.3 Å². The third-order valence-corrected chi connectivity index (χ3v) is 5.79. The lowest BCUT2D eigenvalue weighted by Crippen LogP contribution is -2.31. The fourth-order valence-electron chi connectivity index (χ4n) is 3.24. The van der Waals surface area contributed by atoms with E-state index in [0.29, 0.717) is 33.8 Å². The summed E-state index contributed by atoms with van der Waals surface area (Å²) in [5, 5.41) is 5.05. The topological polar surface area (TPSA) is 73.2 Å². The van der Waals surface area contributed by atoms with Gasteiger partial charge < -0.3 is 10.1 Å². The van der Waals surface area contributed by atoms with Crippen LogP contribution < -0.4 is 15.6 Å². The maximum absolute atomic E-state index is 13.3. The number of fused-ring (bicyclic) bond motifs is 1. The Balaban J connectivity index is 1.63. The highest BCUT2D eigenvalue weighted by molar-refractivity contribution is 7.17. The summed E-state index contributed by atoms with van der Waals surface area (Å²) < 4.78 is 20.0. The summed E-state index contributed by atoms with van der Waals surface area (Å²) in [6, 6.07) is 12.2. The van der Waals surface area contributed by atoms with Gasteiger partial charge >= 0.3 is 0 Å². The van der Waals surface area contributed by atoms with Crippen molar-refractivity contribution in [3.8, 4) is 16.9 Å². The molecule has 0 saturated carbocycles. The Morgan fingerprint density at radius 2 is 1.90 bits per heavy atom. The van der Waals surface area contributed by atoms with E-state index in [2.05, 4.69) is 10.3 Å². The van der Waals surface area contributed by atoms with E-state index in [-0.39, 0.29) is 17.3 Å². The lowest BCUT2D eigenvalue weighted by Gasteiger charge is -2.15. The summed E-state index contributed by atoms with van der Waals surface area (Å²) in [5.41, 5.74) is 1.67. The Hall–Kier alpha value is -3.52. The smallest absolute Gasteiger partial charge is 0.263 e. The molecule has 2 aromatic heterocycles. The van der Waals surface area contributed by atoms with Crippen LogP contribution in [0.15, 0.2) is 65.0 Å². The van der Waals surface area contributed by atoms with Crippen molar-refractivity contribution in [3.05, 3.63) is 76.4 Å². The van der Waals surface area contributed by atoms with Crippen LogP contribution in [-0.4, -0.2) is 22.1 Å². The predicted octanol–water partition coefficient (Wildman–Crippen LogP) is 4.86. The number of carbonyl (C=O) groups excluding carboxylic acids is 1. The number of hydrogen-bond donors (Lipinski definition) is 1. The van der Waals surface area contributed by atoms with E-state index in [1.807, 2.05) is 12.3 Å². The molecule has 1 atom stereocenters. The molecule has 0 aliphatic rings.